The Bertz CT molecular complexity index is 142. The Morgan fingerprint density at radius 3 is 2.43 bits per heavy atom. The Labute approximate surface area is 43.7 Å². The lowest BCUT2D eigenvalue weighted by Gasteiger charge is -1.74. The quantitative estimate of drug-likeness (QED) is 0.468. The molecule has 0 radical (unpaired) electrons. The maximum Gasteiger partial charge on any atom is 0.102 e. The summed E-state index contributed by atoms with van der Waals surface area (Å²) in [6.45, 7) is 1.89. The third kappa shape index (κ3) is 0.775. The molecule has 0 amide bonds. The van der Waals surface area contributed by atoms with Crippen LogP contribution in [0.1, 0.15) is 5.69 Å². The van der Waals surface area contributed by atoms with Crippen LogP contribution >= 0.6 is 9.24 Å². The minimum atomic E-state index is 0.889. The highest BCUT2D eigenvalue weighted by molar-refractivity contribution is 7.27. The van der Waals surface area contributed by atoms with Gasteiger partial charge in [0, 0.05) is 0 Å². The standard InChI is InChI=1S/C3H6N3P/c1-2-3(7)5-6-4-2/h7H2,1H3,(H,4,5,6). The van der Waals surface area contributed by atoms with Crippen LogP contribution in [-0.2, 0) is 0 Å². The molecule has 1 unspecified atom stereocenters. The molecule has 0 bridgehead atoms. The second-order valence-corrected chi connectivity index (χ2v) is 1.84. The van der Waals surface area contributed by atoms with E-state index in [1.54, 1.807) is 0 Å². The molecular formula is C3H6N3P. The van der Waals surface area contributed by atoms with Crippen molar-refractivity contribution in [3.63, 3.8) is 0 Å². The third-order valence-corrected chi connectivity index (χ3v) is 1.31. The number of hydrogen-bond acceptors (Lipinski definition) is 2. The molecule has 1 heterocycles. The fourth-order valence-corrected chi connectivity index (χ4v) is 0.414. The summed E-state index contributed by atoms with van der Waals surface area (Å²) in [4.78, 5) is 0. The summed E-state index contributed by atoms with van der Waals surface area (Å²) >= 11 is 0. The monoisotopic (exact) mass is 115 g/mol. The number of nitrogens with zero attached hydrogens (tertiary/aromatic N) is 2. The van der Waals surface area contributed by atoms with Gasteiger partial charge < -0.3 is 0 Å². The Hall–Kier alpha value is -0.430. The zero-order valence-electron chi connectivity index (χ0n) is 3.97. The predicted molar refractivity (Wildman–Crippen MR) is 30.5 cm³/mol. The number of nitrogens with one attached hydrogen (secondary N) is 1. The highest BCUT2D eigenvalue weighted by atomic mass is 31.0. The molecule has 1 N–H and O–H groups in total. The van der Waals surface area contributed by atoms with Crippen molar-refractivity contribution in [2.24, 2.45) is 0 Å². The SMILES string of the molecule is Cc1n[nH]nc1P. The van der Waals surface area contributed by atoms with E-state index in [0.29, 0.717) is 0 Å². The molecule has 0 aliphatic carbocycles. The fourth-order valence-electron chi connectivity index (χ4n) is 0.292. The van der Waals surface area contributed by atoms with E-state index >= 15 is 0 Å². The predicted octanol–water partition coefficient (Wildman–Crippen LogP) is -0.386. The number of hydrogen-bond donors (Lipinski definition) is 1. The summed E-state index contributed by atoms with van der Waals surface area (Å²) in [5.41, 5.74) is 1.82. The van der Waals surface area contributed by atoms with E-state index in [4.69, 9.17) is 0 Å². The lowest BCUT2D eigenvalue weighted by atomic mass is 10.6. The van der Waals surface area contributed by atoms with E-state index in [-0.39, 0.29) is 0 Å². The molecule has 4 heteroatoms. The van der Waals surface area contributed by atoms with Gasteiger partial charge in [-0.3, -0.25) is 0 Å². The zero-order valence-corrected chi connectivity index (χ0v) is 5.13. The summed E-state index contributed by atoms with van der Waals surface area (Å²) in [5.74, 6) is 0. The molecule has 0 aliphatic rings. The third-order valence-electron chi connectivity index (χ3n) is 0.759. The van der Waals surface area contributed by atoms with Gasteiger partial charge in [-0.25, -0.2) is 0 Å². The molecule has 3 nitrogen and oxygen atoms in total. The van der Waals surface area contributed by atoms with Gasteiger partial charge in [-0.2, -0.15) is 15.4 Å². The number of H-pyrrole nitrogens is 1. The maximum absolute atomic E-state index is 3.76. The summed E-state index contributed by atoms with van der Waals surface area (Å²) in [7, 11) is 2.47. The number of rotatable bonds is 0. The van der Waals surface area contributed by atoms with E-state index in [9.17, 15) is 0 Å². The van der Waals surface area contributed by atoms with Gasteiger partial charge in [0.15, 0.2) is 0 Å². The first kappa shape index (κ1) is 4.72. The molecule has 1 aromatic rings. The van der Waals surface area contributed by atoms with Crippen LogP contribution in [0.15, 0.2) is 0 Å². The molecule has 0 fully saturated rings. The Balaban J connectivity index is 3.12. The number of aryl methyl sites for hydroxylation is 1. The van der Waals surface area contributed by atoms with Crippen molar-refractivity contribution in [1.82, 2.24) is 15.4 Å². The molecule has 0 saturated heterocycles. The van der Waals surface area contributed by atoms with Crippen LogP contribution in [0.25, 0.3) is 0 Å². The highest BCUT2D eigenvalue weighted by Gasteiger charge is 1.90. The lowest BCUT2D eigenvalue weighted by Crippen LogP contribution is -1.92. The molecule has 7 heavy (non-hydrogen) atoms. The summed E-state index contributed by atoms with van der Waals surface area (Å²) in [6.07, 6.45) is 0. The Morgan fingerprint density at radius 2 is 2.29 bits per heavy atom. The molecule has 0 aliphatic heterocycles. The molecule has 0 spiro atoms. The van der Waals surface area contributed by atoms with Gasteiger partial charge in [-0.05, 0) is 6.92 Å². The van der Waals surface area contributed by atoms with Crippen LogP contribution in [0.4, 0.5) is 0 Å². The average molecular weight is 115 g/mol. The summed E-state index contributed by atoms with van der Waals surface area (Å²) < 4.78 is 0. The molecule has 1 rings (SSSR count). The minimum Gasteiger partial charge on any atom is -0.197 e. The molecule has 38 valence electrons. The summed E-state index contributed by atoms with van der Waals surface area (Å²) in [6, 6.07) is 0. The second kappa shape index (κ2) is 1.58. The second-order valence-electron chi connectivity index (χ2n) is 1.29. The number of aromatic amines is 1. The molecule has 1 atom stereocenters. The first-order chi connectivity index (χ1) is 3.30. The van der Waals surface area contributed by atoms with Crippen molar-refractivity contribution in [2.75, 3.05) is 0 Å². The van der Waals surface area contributed by atoms with Crippen molar-refractivity contribution in [2.45, 2.75) is 6.92 Å². The molecular weight excluding hydrogens is 109 g/mol. The minimum absolute atomic E-state index is 0.889. The van der Waals surface area contributed by atoms with Gasteiger partial charge in [0.25, 0.3) is 0 Å². The summed E-state index contributed by atoms with van der Waals surface area (Å²) in [5, 5.41) is 9.98. The number of aromatic nitrogens is 3. The van der Waals surface area contributed by atoms with Gasteiger partial charge in [0.2, 0.25) is 0 Å². The van der Waals surface area contributed by atoms with E-state index < -0.39 is 0 Å². The lowest BCUT2D eigenvalue weighted by molar-refractivity contribution is 0.932. The first-order valence-corrected chi connectivity index (χ1v) is 2.51. The van der Waals surface area contributed by atoms with Crippen molar-refractivity contribution in [3.8, 4) is 0 Å². The first-order valence-electron chi connectivity index (χ1n) is 1.93. The Kier molecular flexibility index (Phi) is 1.07. The van der Waals surface area contributed by atoms with Crippen LogP contribution in [0.5, 0.6) is 0 Å². The van der Waals surface area contributed by atoms with Crippen molar-refractivity contribution >= 4 is 14.7 Å². The van der Waals surface area contributed by atoms with Gasteiger partial charge in [0.1, 0.15) is 5.44 Å². The van der Waals surface area contributed by atoms with E-state index in [1.807, 2.05) is 6.92 Å². The van der Waals surface area contributed by atoms with Crippen LogP contribution in [0.3, 0.4) is 0 Å². The van der Waals surface area contributed by atoms with Gasteiger partial charge in [-0.15, -0.1) is 0 Å². The van der Waals surface area contributed by atoms with E-state index in [2.05, 4.69) is 24.7 Å². The average Bonchev–Trinajstić information content (AvgIpc) is 1.91. The van der Waals surface area contributed by atoms with E-state index in [1.165, 1.54) is 0 Å². The normalized spacial score (nSPS) is 9.43. The maximum atomic E-state index is 3.76. The molecule has 1 aromatic heterocycles. The van der Waals surface area contributed by atoms with E-state index in [0.717, 1.165) is 11.1 Å². The van der Waals surface area contributed by atoms with Crippen molar-refractivity contribution in [1.29, 1.82) is 0 Å². The van der Waals surface area contributed by atoms with Crippen LogP contribution < -0.4 is 5.44 Å². The van der Waals surface area contributed by atoms with Crippen molar-refractivity contribution in [3.05, 3.63) is 5.69 Å². The topological polar surface area (TPSA) is 41.6 Å². The molecule has 0 aromatic carbocycles. The van der Waals surface area contributed by atoms with Crippen molar-refractivity contribution < 1.29 is 0 Å². The fraction of sp³-hybridized carbons (Fsp3) is 0.333. The van der Waals surface area contributed by atoms with Crippen LogP contribution in [0, 0.1) is 6.92 Å². The zero-order chi connectivity index (χ0) is 5.28. The largest absolute Gasteiger partial charge is 0.197 e. The van der Waals surface area contributed by atoms with Gasteiger partial charge >= 0.3 is 0 Å². The van der Waals surface area contributed by atoms with Crippen LogP contribution in [-0.4, -0.2) is 15.4 Å². The van der Waals surface area contributed by atoms with Gasteiger partial charge in [0.05, 0.1) is 5.69 Å². The van der Waals surface area contributed by atoms with Gasteiger partial charge in [-0.1, -0.05) is 9.24 Å². The highest BCUT2D eigenvalue weighted by Crippen LogP contribution is 1.85. The molecule has 0 saturated carbocycles. The Morgan fingerprint density at radius 1 is 1.57 bits per heavy atom. The smallest absolute Gasteiger partial charge is 0.102 e. The van der Waals surface area contributed by atoms with Crippen LogP contribution in [0.2, 0.25) is 0 Å².